The van der Waals surface area contributed by atoms with Gasteiger partial charge in [0.15, 0.2) is 16.6 Å². The van der Waals surface area contributed by atoms with Gasteiger partial charge in [0, 0.05) is 23.7 Å². The van der Waals surface area contributed by atoms with E-state index in [0.29, 0.717) is 24.2 Å². The van der Waals surface area contributed by atoms with E-state index in [1.165, 1.54) is 24.0 Å². The molecule has 6 nitrogen and oxygen atoms in total. The van der Waals surface area contributed by atoms with Crippen molar-refractivity contribution in [2.45, 2.75) is 58.5 Å². The van der Waals surface area contributed by atoms with Gasteiger partial charge >= 0.3 is 0 Å². The smallest absolute Gasteiger partial charge is 0.253 e. The van der Waals surface area contributed by atoms with Gasteiger partial charge in [-0.25, -0.2) is 0 Å². The number of H-pyrrole nitrogens is 1. The summed E-state index contributed by atoms with van der Waals surface area (Å²) >= 11 is 5.85. The highest BCUT2D eigenvalue weighted by Gasteiger charge is 2.25. The van der Waals surface area contributed by atoms with Gasteiger partial charge in [0.1, 0.15) is 0 Å². The minimum Gasteiger partial charge on any atom is -0.493 e. The lowest BCUT2D eigenvalue weighted by atomic mass is 10.0. The molecule has 7 heteroatoms. The molecule has 35 heavy (non-hydrogen) atoms. The van der Waals surface area contributed by atoms with Gasteiger partial charge < -0.3 is 24.7 Å². The van der Waals surface area contributed by atoms with E-state index < -0.39 is 0 Å². The Morgan fingerprint density at radius 1 is 1.06 bits per heavy atom. The first-order valence-corrected chi connectivity index (χ1v) is 12.7. The Morgan fingerprint density at radius 2 is 1.77 bits per heavy atom. The molecule has 1 aliphatic carbocycles. The van der Waals surface area contributed by atoms with E-state index in [0.717, 1.165) is 52.8 Å². The van der Waals surface area contributed by atoms with Crippen LogP contribution >= 0.6 is 12.2 Å². The summed E-state index contributed by atoms with van der Waals surface area (Å²) in [5.41, 5.74) is 5.12. The number of methoxy groups -OCH3 is 2. The normalized spacial score (nSPS) is 13.7. The predicted octanol–water partition coefficient (Wildman–Crippen LogP) is 5.02. The third-order valence-electron chi connectivity index (χ3n) is 7.04. The topological polar surface area (TPSA) is 66.6 Å². The number of nitrogens with one attached hydrogen (secondary N) is 2. The zero-order valence-electron chi connectivity index (χ0n) is 21.1. The molecule has 3 aromatic rings. The van der Waals surface area contributed by atoms with Gasteiger partial charge in [-0.2, -0.15) is 0 Å². The predicted molar refractivity (Wildman–Crippen MR) is 146 cm³/mol. The molecule has 0 atom stereocenters. The second-order valence-corrected chi connectivity index (χ2v) is 9.77. The molecule has 0 spiro atoms. The van der Waals surface area contributed by atoms with E-state index >= 15 is 0 Å². The molecule has 1 heterocycles. The number of rotatable bonds is 8. The molecule has 2 N–H and O–H groups in total. The highest BCUT2D eigenvalue weighted by atomic mass is 32.1. The quantitative estimate of drug-likeness (QED) is 0.430. The van der Waals surface area contributed by atoms with Crippen LogP contribution in [-0.4, -0.2) is 41.8 Å². The molecule has 4 rings (SSSR count). The van der Waals surface area contributed by atoms with Crippen LogP contribution in [0.5, 0.6) is 11.5 Å². The number of aromatic amines is 1. The summed E-state index contributed by atoms with van der Waals surface area (Å²) in [5.74, 6) is 1.44. The van der Waals surface area contributed by atoms with E-state index in [-0.39, 0.29) is 5.56 Å². The fourth-order valence-corrected chi connectivity index (χ4v) is 5.17. The number of aromatic nitrogens is 1. The highest BCUT2D eigenvalue weighted by molar-refractivity contribution is 7.80. The van der Waals surface area contributed by atoms with E-state index in [4.69, 9.17) is 21.7 Å². The number of ether oxygens (including phenoxy) is 2. The number of nitrogens with zero attached hydrogens (tertiary/aromatic N) is 1. The molecule has 2 aromatic carbocycles. The molecule has 1 aliphatic rings. The third-order valence-corrected chi connectivity index (χ3v) is 7.42. The summed E-state index contributed by atoms with van der Waals surface area (Å²) in [6.45, 7) is 5.37. The largest absolute Gasteiger partial charge is 0.493 e. The minimum atomic E-state index is -0.0446. The van der Waals surface area contributed by atoms with Crippen LogP contribution in [-0.2, 0) is 13.0 Å². The maximum atomic E-state index is 12.9. The lowest BCUT2D eigenvalue weighted by Crippen LogP contribution is -2.45. The molecule has 0 amide bonds. The molecular weight excluding hydrogens is 458 g/mol. The van der Waals surface area contributed by atoms with E-state index in [9.17, 15) is 4.79 Å². The standard InChI is InChI=1S/C28H35N3O3S/c1-18-13-21-16-22(27(32)30-24(21)14-19(18)2)17-31(23-7-5-6-8-23)28(35)29-12-11-20-9-10-25(33-3)26(15-20)34-4/h9-10,13-16,23H,5-8,11-12,17H2,1-4H3,(H,29,35)(H,30,32). The van der Waals surface area contributed by atoms with E-state index in [1.807, 2.05) is 30.3 Å². The summed E-state index contributed by atoms with van der Waals surface area (Å²) in [7, 11) is 3.28. The summed E-state index contributed by atoms with van der Waals surface area (Å²) in [5, 5.41) is 5.20. The van der Waals surface area contributed by atoms with Crippen LogP contribution in [0, 0.1) is 13.8 Å². The van der Waals surface area contributed by atoms with Crippen LogP contribution in [0.25, 0.3) is 10.9 Å². The lowest BCUT2D eigenvalue weighted by Gasteiger charge is -2.31. The van der Waals surface area contributed by atoms with Gasteiger partial charge in [-0.1, -0.05) is 18.9 Å². The second kappa shape index (κ2) is 11.1. The number of pyridine rings is 1. The van der Waals surface area contributed by atoms with Crippen LogP contribution in [0.1, 0.15) is 47.9 Å². The van der Waals surface area contributed by atoms with Gasteiger partial charge in [0.05, 0.1) is 20.8 Å². The molecule has 1 saturated carbocycles. The number of aryl methyl sites for hydroxylation is 2. The van der Waals surface area contributed by atoms with Crippen molar-refractivity contribution in [3.8, 4) is 11.5 Å². The highest BCUT2D eigenvalue weighted by Crippen LogP contribution is 2.28. The van der Waals surface area contributed by atoms with Crippen LogP contribution in [0.4, 0.5) is 0 Å². The van der Waals surface area contributed by atoms with Crippen LogP contribution < -0.4 is 20.3 Å². The lowest BCUT2D eigenvalue weighted by molar-refractivity contribution is 0.302. The average Bonchev–Trinajstić information content (AvgIpc) is 3.38. The van der Waals surface area contributed by atoms with Crippen molar-refractivity contribution in [2.24, 2.45) is 0 Å². The number of hydrogen-bond acceptors (Lipinski definition) is 4. The van der Waals surface area contributed by atoms with Crippen LogP contribution in [0.15, 0.2) is 41.2 Å². The van der Waals surface area contributed by atoms with Crippen molar-refractivity contribution in [2.75, 3.05) is 20.8 Å². The van der Waals surface area contributed by atoms with Crippen LogP contribution in [0.3, 0.4) is 0 Å². The zero-order chi connectivity index (χ0) is 24.9. The molecule has 1 fully saturated rings. The number of hydrogen-bond donors (Lipinski definition) is 2. The molecule has 0 bridgehead atoms. The SMILES string of the molecule is COc1ccc(CCNC(=S)N(Cc2cc3cc(C)c(C)cc3[nH]c2=O)C2CCCC2)cc1OC. The summed E-state index contributed by atoms with van der Waals surface area (Å²) in [4.78, 5) is 18.2. The van der Waals surface area contributed by atoms with Crippen molar-refractivity contribution < 1.29 is 9.47 Å². The minimum absolute atomic E-state index is 0.0446. The van der Waals surface area contributed by atoms with Crippen molar-refractivity contribution in [3.63, 3.8) is 0 Å². The van der Waals surface area contributed by atoms with Gasteiger partial charge in [-0.15, -0.1) is 0 Å². The van der Waals surface area contributed by atoms with Crippen molar-refractivity contribution in [1.82, 2.24) is 15.2 Å². The Bertz CT molecular complexity index is 1260. The fraction of sp³-hybridized carbons (Fsp3) is 0.429. The van der Waals surface area contributed by atoms with Crippen molar-refractivity contribution in [1.29, 1.82) is 0 Å². The van der Waals surface area contributed by atoms with Gasteiger partial charge in [-0.3, -0.25) is 4.79 Å². The summed E-state index contributed by atoms with van der Waals surface area (Å²) < 4.78 is 10.8. The first kappa shape index (κ1) is 25.0. The Kier molecular flexibility index (Phi) is 7.96. The Balaban J connectivity index is 1.48. The summed E-state index contributed by atoms with van der Waals surface area (Å²) in [6, 6.07) is 12.5. The Labute approximate surface area is 212 Å². The third kappa shape index (κ3) is 5.78. The zero-order valence-corrected chi connectivity index (χ0v) is 21.9. The average molecular weight is 494 g/mol. The molecular formula is C28H35N3O3S. The Morgan fingerprint density at radius 3 is 2.49 bits per heavy atom. The van der Waals surface area contributed by atoms with Gasteiger partial charge in [0.25, 0.3) is 5.56 Å². The van der Waals surface area contributed by atoms with Gasteiger partial charge in [-0.05, 0) is 97.7 Å². The molecule has 1 aromatic heterocycles. The van der Waals surface area contributed by atoms with E-state index in [1.54, 1.807) is 14.2 Å². The fourth-order valence-electron chi connectivity index (χ4n) is 4.86. The Hall–Kier alpha value is -3.06. The molecule has 0 unspecified atom stereocenters. The maximum absolute atomic E-state index is 12.9. The summed E-state index contributed by atoms with van der Waals surface area (Å²) in [6.07, 6.45) is 5.39. The second-order valence-electron chi connectivity index (χ2n) is 9.38. The van der Waals surface area contributed by atoms with Gasteiger partial charge in [0.2, 0.25) is 0 Å². The number of thiocarbonyl (C=S) groups is 1. The van der Waals surface area contributed by atoms with E-state index in [2.05, 4.69) is 35.1 Å². The molecule has 0 saturated heterocycles. The molecule has 0 aliphatic heterocycles. The number of benzene rings is 2. The first-order valence-electron chi connectivity index (χ1n) is 12.3. The first-order chi connectivity index (χ1) is 16.9. The molecule has 0 radical (unpaired) electrons. The van der Waals surface area contributed by atoms with Crippen LogP contribution in [0.2, 0.25) is 0 Å². The maximum Gasteiger partial charge on any atom is 0.253 e. The number of fused-ring (bicyclic) bond motifs is 1. The van der Waals surface area contributed by atoms with Crippen molar-refractivity contribution >= 4 is 28.2 Å². The molecule has 186 valence electrons. The van der Waals surface area contributed by atoms with Crippen molar-refractivity contribution in [3.05, 3.63) is 69.0 Å². The monoisotopic (exact) mass is 493 g/mol.